The van der Waals surface area contributed by atoms with E-state index < -0.39 is 0 Å². The summed E-state index contributed by atoms with van der Waals surface area (Å²) in [6, 6.07) is 10.4. The molecule has 3 rings (SSSR count). The number of benzene rings is 2. The van der Waals surface area contributed by atoms with Crippen molar-refractivity contribution in [1.82, 2.24) is 5.32 Å². The minimum Gasteiger partial charge on any atom is -0.493 e. The highest BCUT2D eigenvalue weighted by Gasteiger charge is 2.29. The number of nitro benzene ring substituents is 1. The van der Waals surface area contributed by atoms with Gasteiger partial charge in [-0.1, -0.05) is 24.3 Å². The van der Waals surface area contributed by atoms with E-state index in [4.69, 9.17) is 9.47 Å². The molecule has 0 radical (unpaired) electrons. The predicted octanol–water partition coefficient (Wildman–Crippen LogP) is 2.85. The Balaban J connectivity index is 2.15. The Labute approximate surface area is 134 Å². The van der Waals surface area contributed by atoms with E-state index >= 15 is 0 Å². The topological polar surface area (TPSA) is 73.6 Å². The number of para-hydroxylation sites is 1. The van der Waals surface area contributed by atoms with Gasteiger partial charge in [-0.2, -0.15) is 0 Å². The number of nitrogens with zero attached hydrogens (tertiary/aromatic N) is 1. The Morgan fingerprint density at radius 3 is 2.61 bits per heavy atom. The van der Waals surface area contributed by atoms with Gasteiger partial charge in [0.25, 0.3) is 5.69 Å². The van der Waals surface area contributed by atoms with Gasteiger partial charge in [0.05, 0.1) is 30.7 Å². The Kier molecular flexibility index (Phi) is 4.16. The summed E-state index contributed by atoms with van der Waals surface area (Å²) in [7, 11) is 3.21. The molecule has 0 aliphatic carbocycles. The van der Waals surface area contributed by atoms with E-state index in [1.807, 2.05) is 18.2 Å². The van der Waals surface area contributed by atoms with Crippen molar-refractivity contribution >= 4 is 5.69 Å². The van der Waals surface area contributed by atoms with Crippen LogP contribution in [0.25, 0.3) is 0 Å². The Bertz CT molecular complexity index is 745. The van der Waals surface area contributed by atoms with Crippen LogP contribution in [0.1, 0.15) is 22.7 Å². The van der Waals surface area contributed by atoms with Gasteiger partial charge in [0.1, 0.15) is 0 Å². The highest BCUT2D eigenvalue weighted by Crippen LogP contribution is 2.41. The first-order valence-electron chi connectivity index (χ1n) is 7.37. The van der Waals surface area contributed by atoms with Gasteiger partial charge in [0, 0.05) is 18.2 Å². The average Bonchev–Trinajstić information content (AvgIpc) is 2.59. The van der Waals surface area contributed by atoms with Gasteiger partial charge in [-0.25, -0.2) is 0 Å². The van der Waals surface area contributed by atoms with Crippen LogP contribution < -0.4 is 14.8 Å². The van der Waals surface area contributed by atoms with Crippen LogP contribution in [0, 0.1) is 10.1 Å². The second kappa shape index (κ2) is 6.26. The summed E-state index contributed by atoms with van der Waals surface area (Å²) < 4.78 is 10.9. The molecule has 1 aliphatic heterocycles. The van der Waals surface area contributed by atoms with Crippen molar-refractivity contribution in [3.05, 3.63) is 63.2 Å². The molecule has 0 saturated carbocycles. The predicted molar refractivity (Wildman–Crippen MR) is 86.2 cm³/mol. The van der Waals surface area contributed by atoms with E-state index in [2.05, 4.69) is 5.32 Å². The fraction of sp³-hybridized carbons (Fsp3) is 0.294. The minimum atomic E-state index is -0.341. The summed E-state index contributed by atoms with van der Waals surface area (Å²) in [5.74, 6) is 1.38. The molecule has 0 amide bonds. The normalized spacial score (nSPS) is 16.5. The second-order valence-electron chi connectivity index (χ2n) is 5.32. The molecule has 0 fully saturated rings. The standard InChI is InChI=1S/C17H18N2O4/c1-22-15-8-7-11-12(17(15)23-2)9-10-18-16(11)13-5-3-4-6-14(13)19(20)21/h3-8,16,18H,9-10H2,1-2H3. The first-order valence-corrected chi connectivity index (χ1v) is 7.37. The summed E-state index contributed by atoms with van der Waals surface area (Å²) in [5, 5.41) is 14.7. The lowest BCUT2D eigenvalue weighted by molar-refractivity contribution is -0.385. The largest absolute Gasteiger partial charge is 0.493 e. The smallest absolute Gasteiger partial charge is 0.274 e. The van der Waals surface area contributed by atoms with Crippen molar-refractivity contribution < 1.29 is 14.4 Å². The zero-order valence-electron chi connectivity index (χ0n) is 13.0. The van der Waals surface area contributed by atoms with Crippen LogP contribution >= 0.6 is 0 Å². The molecule has 0 saturated heterocycles. The zero-order chi connectivity index (χ0) is 16.4. The van der Waals surface area contributed by atoms with Crippen molar-refractivity contribution in [2.75, 3.05) is 20.8 Å². The number of rotatable bonds is 4. The van der Waals surface area contributed by atoms with Gasteiger partial charge in [-0.05, 0) is 18.1 Å². The molecule has 23 heavy (non-hydrogen) atoms. The number of methoxy groups -OCH3 is 2. The summed E-state index contributed by atoms with van der Waals surface area (Å²) in [6.45, 7) is 0.716. The van der Waals surface area contributed by atoms with Crippen LogP contribution in [0.2, 0.25) is 0 Å². The number of nitrogens with one attached hydrogen (secondary N) is 1. The first kappa shape index (κ1) is 15.3. The highest BCUT2D eigenvalue weighted by atomic mass is 16.6. The maximum absolute atomic E-state index is 11.3. The molecule has 1 atom stereocenters. The van der Waals surface area contributed by atoms with Crippen LogP contribution in [0.15, 0.2) is 36.4 Å². The van der Waals surface area contributed by atoms with Gasteiger partial charge in [-0.3, -0.25) is 10.1 Å². The monoisotopic (exact) mass is 314 g/mol. The highest BCUT2D eigenvalue weighted by molar-refractivity contribution is 5.56. The van der Waals surface area contributed by atoms with Gasteiger partial charge >= 0.3 is 0 Å². The summed E-state index contributed by atoms with van der Waals surface area (Å²) in [5.41, 5.74) is 2.80. The molecule has 1 N–H and O–H groups in total. The SMILES string of the molecule is COc1ccc2c(c1OC)CCNC2c1ccccc1[N+](=O)[O-]. The Morgan fingerprint density at radius 1 is 1.13 bits per heavy atom. The number of fused-ring (bicyclic) bond motifs is 1. The summed E-state index contributed by atoms with van der Waals surface area (Å²) in [4.78, 5) is 11.0. The number of hydrogen-bond donors (Lipinski definition) is 1. The van der Waals surface area contributed by atoms with Gasteiger partial charge in [0.2, 0.25) is 0 Å². The van der Waals surface area contributed by atoms with Crippen LogP contribution in [0.3, 0.4) is 0 Å². The molecule has 6 heteroatoms. The molecular weight excluding hydrogens is 296 g/mol. The van der Waals surface area contributed by atoms with Crippen LogP contribution in [0.5, 0.6) is 11.5 Å². The van der Waals surface area contributed by atoms with Gasteiger partial charge in [0.15, 0.2) is 11.5 Å². The molecule has 1 heterocycles. The minimum absolute atomic E-state index is 0.118. The van der Waals surface area contributed by atoms with Crippen molar-refractivity contribution in [2.45, 2.75) is 12.5 Å². The van der Waals surface area contributed by atoms with Crippen molar-refractivity contribution in [3.8, 4) is 11.5 Å². The molecule has 6 nitrogen and oxygen atoms in total. The van der Waals surface area contributed by atoms with Crippen LogP contribution in [-0.2, 0) is 6.42 Å². The number of ether oxygens (including phenoxy) is 2. The lowest BCUT2D eigenvalue weighted by Crippen LogP contribution is -2.31. The quantitative estimate of drug-likeness (QED) is 0.694. The summed E-state index contributed by atoms with van der Waals surface area (Å²) >= 11 is 0. The van der Waals surface area contributed by atoms with E-state index in [1.54, 1.807) is 26.4 Å². The molecule has 0 spiro atoms. The van der Waals surface area contributed by atoms with E-state index in [0.29, 0.717) is 23.6 Å². The fourth-order valence-electron chi connectivity index (χ4n) is 3.16. The lowest BCUT2D eigenvalue weighted by Gasteiger charge is -2.29. The maximum atomic E-state index is 11.3. The Morgan fingerprint density at radius 2 is 1.91 bits per heavy atom. The number of nitro groups is 1. The molecule has 2 aromatic rings. The third kappa shape index (κ3) is 2.61. The molecule has 1 unspecified atom stereocenters. The van der Waals surface area contributed by atoms with Gasteiger partial charge < -0.3 is 14.8 Å². The van der Waals surface area contributed by atoms with Crippen molar-refractivity contribution in [3.63, 3.8) is 0 Å². The van der Waals surface area contributed by atoms with Crippen molar-refractivity contribution in [1.29, 1.82) is 0 Å². The fourth-order valence-corrected chi connectivity index (χ4v) is 3.16. The molecular formula is C17H18N2O4. The van der Waals surface area contributed by atoms with Crippen LogP contribution in [-0.4, -0.2) is 25.7 Å². The third-order valence-corrected chi connectivity index (χ3v) is 4.16. The van der Waals surface area contributed by atoms with E-state index in [9.17, 15) is 10.1 Å². The van der Waals surface area contributed by atoms with E-state index in [1.165, 1.54) is 6.07 Å². The van der Waals surface area contributed by atoms with E-state index in [-0.39, 0.29) is 16.7 Å². The Hall–Kier alpha value is -2.60. The number of hydrogen-bond acceptors (Lipinski definition) is 5. The zero-order valence-corrected chi connectivity index (χ0v) is 13.0. The summed E-state index contributed by atoms with van der Waals surface area (Å²) in [6.07, 6.45) is 0.785. The van der Waals surface area contributed by atoms with Crippen molar-refractivity contribution in [2.24, 2.45) is 0 Å². The molecule has 1 aliphatic rings. The third-order valence-electron chi connectivity index (χ3n) is 4.16. The lowest BCUT2D eigenvalue weighted by atomic mass is 9.88. The molecule has 0 aromatic heterocycles. The van der Waals surface area contributed by atoms with E-state index in [0.717, 1.165) is 17.5 Å². The second-order valence-corrected chi connectivity index (χ2v) is 5.32. The molecule has 2 aromatic carbocycles. The maximum Gasteiger partial charge on any atom is 0.274 e. The van der Waals surface area contributed by atoms with Crippen LogP contribution in [0.4, 0.5) is 5.69 Å². The molecule has 120 valence electrons. The average molecular weight is 314 g/mol. The first-order chi connectivity index (χ1) is 11.2. The van der Waals surface area contributed by atoms with Gasteiger partial charge in [-0.15, -0.1) is 0 Å². The molecule has 0 bridgehead atoms.